The molecule has 19 heavy (non-hydrogen) atoms. The summed E-state index contributed by atoms with van der Waals surface area (Å²) < 4.78 is 0. The molecular formula is C6H17Na3O10. The van der Waals surface area contributed by atoms with Gasteiger partial charge >= 0.3 is 107 Å². The van der Waals surface area contributed by atoms with Gasteiger partial charge in [-0.3, -0.25) is 9.59 Å². The SMILES string of the molecule is O.O.O.O=C(O)CC(O)(CC(=O)O)C(=O)O.[H-].[H-].[H-].[Na+].[Na+].[Na+]. The van der Waals surface area contributed by atoms with Crippen LogP contribution in [-0.4, -0.2) is 60.4 Å². The monoisotopic (exact) mass is 318 g/mol. The van der Waals surface area contributed by atoms with Crippen molar-refractivity contribution < 1.29 is 144 Å². The van der Waals surface area contributed by atoms with E-state index < -0.39 is 36.4 Å². The summed E-state index contributed by atoms with van der Waals surface area (Å²) in [6.07, 6.45) is -2.29. The molecule has 0 aromatic carbocycles. The Morgan fingerprint density at radius 2 is 1.00 bits per heavy atom. The predicted octanol–water partition coefficient (Wildman–Crippen LogP) is -12.4. The van der Waals surface area contributed by atoms with Crippen LogP contribution < -0.4 is 88.7 Å². The predicted molar refractivity (Wildman–Crippen MR) is 51.3 cm³/mol. The number of hydrogen-bond donors (Lipinski definition) is 4. The van der Waals surface area contributed by atoms with Gasteiger partial charge in [-0.2, -0.15) is 0 Å². The molecule has 0 amide bonds. The molecule has 0 unspecified atom stereocenters. The Balaban J connectivity index is -0.0000000200. The van der Waals surface area contributed by atoms with Gasteiger partial charge in [0.15, 0.2) is 5.60 Å². The molecule has 0 aliphatic carbocycles. The van der Waals surface area contributed by atoms with Crippen molar-refractivity contribution in [1.82, 2.24) is 0 Å². The zero-order chi connectivity index (χ0) is 10.6. The van der Waals surface area contributed by atoms with E-state index in [1.54, 1.807) is 0 Å². The smallest absolute Gasteiger partial charge is 1.00 e. The molecule has 10 N–H and O–H groups in total. The van der Waals surface area contributed by atoms with Gasteiger partial charge in [0, 0.05) is 0 Å². The van der Waals surface area contributed by atoms with E-state index in [1.807, 2.05) is 0 Å². The van der Waals surface area contributed by atoms with Crippen molar-refractivity contribution in [3.8, 4) is 0 Å². The molecule has 0 radical (unpaired) electrons. The van der Waals surface area contributed by atoms with Crippen molar-refractivity contribution in [2.45, 2.75) is 18.4 Å². The summed E-state index contributed by atoms with van der Waals surface area (Å²) in [5.41, 5.74) is -2.74. The van der Waals surface area contributed by atoms with Gasteiger partial charge in [-0.25, -0.2) is 4.79 Å². The average molecular weight is 318 g/mol. The van der Waals surface area contributed by atoms with Crippen molar-refractivity contribution in [1.29, 1.82) is 0 Å². The molecular weight excluding hydrogens is 301 g/mol. The average Bonchev–Trinajstić information content (AvgIpc) is 1.82. The maximum atomic E-state index is 10.3. The number of carbonyl (C=O) groups is 3. The third-order valence-corrected chi connectivity index (χ3v) is 1.29. The third-order valence-electron chi connectivity index (χ3n) is 1.29. The van der Waals surface area contributed by atoms with Gasteiger partial charge in [-0.1, -0.05) is 0 Å². The minimum atomic E-state index is -2.74. The van der Waals surface area contributed by atoms with Crippen LogP contribution in [-0.2, 0) is 14.4 Å². The van der Waals surface area contributed by atoms with E-state index in [4.69, 9.17) is 20.4 Å². The van der Waals surface area contributed by atoms with E-state index in [0.29, 0.717) is 0 Å². The topological polar surface area (TPSA) is 227 Å². The van der Waals surface area contributed by atoms with Crippen LogP contribution in [0.3, 0.4) is 0 Å². The molecule has 0 rings (SSSR count). The van der Waals surface area contributed by atoms with Crippen LogP contribution in [0, 0.1) is 0 Å². The standard InChI is InChI=1S/C6H8O7.3Na.3H2O.3H/c7-3(8)1-6(13,5(11)12)2-4(9)10;;;;;;;;;/h13H,1-2H2,(H,7,8)(H,9,10)(H,11,12);;;;3*1H2;;;/q;3*+1;;;;3*-1. The Kier molecular flexibility index (Phi) is 43.3. The first-order valence-electron chi connectivity index (χ1n) is 3.17. The molecule has 10 nitrogen and oxygen atoms in total. The Morgan fingerprint density at radius 3 is 1.11 bits per heavy atom. The van der Waals surface area contributed by atoms with E-state index in [0.717, 1.165) is 0 Å². The van der Waals surface area contributed by atoms with E-state index >= 15 is 0 Å². The van der Waals surface area contributed by atoms with Gasteiger partial charge in [0.1, 0.15) is 0 Å². The summed E-state index contributed by atoms with van der Waals surface area (Å²) in [7, 11) is 0. The van der Waals surface area contributed by atoms with Gasteiger partial charge < -0.3 is 41.1 Å². The van der Waals surface area contributed by atoms with E-state index in [1.165, 1.54) is 0 Å². The van der Waals surface area contributed by atoms with E-state index in [2.05, 4.69) is 0 Å². The number of aliphatic hydroxyl groups is 1. The Bertz CT molecular complexity index is 254. The normalized spacial score (nSPS) is 7.42. The van der Waals surface area contributed by atoms with Crippen molar-refractivity contribution in [2.24, 2.45) is 0 Å². The fraction of sp³-hybridized carbons (Fsp3) is 0.500. The van der Waals surface area contributed by atoms with Crippen molar-refractivity contribution in [3.05, 3.63) is 0 Å². The van der Waals surface area contributed by atoms with Gasteiger partial charge in [0.2, 0.25) is 0 Å². The number of hydrogen-bond acceptors (Lipinski definition) is 4. The Morgan fingerprint density at radius 1 is 0.789 bits per heavy atom. The summed E-state index contributed by atoms with van der Waals surface area (Å²) in [5, 5.41) is 33.8. The fourth-order valence-corrected chi connectivity index (χ4v) is 0.714. The summed E-state index contributed by atoms with van der Waals surface area (Å²) in [6, 6.07) is 0. The Hall–Kier alpha value is 1.25. The minimum absolute atomic E-state index is 0. The third kappa shape index (κ3) is 19.2. The van der Waals surface area contributed by atoms with Gasteiger partial charge in [-0.05, 0) is 0 Å². The van der Waals surface area contributed by atoms with Crippen LogP contribution in [0.25, 0.3) is 0 Å². The van der Waals surface area contributed by atoms with E-state index in [9.17, 15) is 14.4 Å². The summed E-state index contributed by atoms with van der Waals surface area (Å²) in [4.78, 5) is 30.5. The zero-order valence-corrected chi connectivity index (χ0v) is 16.9. The minimum Gasteiger partial charge on any atom is -1.00 e. The van der Waals surface area contributed by atoms with Crippen LogP contribution in [0.4, 0.5) is 0 Å². The van der Waals surface area contributed by atoms with Crippen LogP contribution in [0.5, 0.6) is 0 Å². The van der Waals surface area contributed by atoms with Crippen molar-refractivity contribution in [2.75, 3.05) is 0 Å². The maximum absolute atomic E-state index is 10.3. The molecule has 0 aliphatic heterocycles. The molecule has 0 saturated carbocycles. The van der Waals surface area contributed by atoms with Crippen molar-refractivity contribution in [3.63, 3.8) is 0 Å². The molecule has 0 aliphatic rings. The largest absolute Gasteiger partial charge is 1.00 e. The van der Waals surface area contributed by atoms with Crippen LogP contribution in [0.2, 0.25) is 0 Å². The molecule has 0 heterocycles. The second-order valence-corrected chi connectivity index (χ2v) is 2.48. The first-order chi connectivity index (χ1) is 5.78. The number of carboxylic acids is 3. The fourth-order valence-electron chi connectivity index (χ4n) is 0.714. The second kappa shape index (κ2) is 19.2. The van der Waals surface area contributed by atoms with Crippen LogP contribution in [0.15, 0.2) is 0 Å². The number of aliphatic carboxylic acids is 3. The molecule has 0 saturated heterocycles. The number of carboxylic acid groups (broad SMARTS) is 3. The van der Waals surface area contributed by atoms with Gasteiger partial charge in [-0.15, -0.1) is 0 Å². The summed E-state index contributed by atoms with van der Waals surface area (Å²) >= 11 is 0. The second-order valence-electron chi connectivity index (χ2n) is 2.48. The number of rotatable bonds is 5. The maximum Gasteiger partial charge on any atom is 1.00 e. The molecule has 0 spiro atoms. The molecule has 0 atom stereocenters. The zero-order valence-electron chi connectivity index (χ0n) is 13.9. The Labute approximate surface area is 178 Å². The van der Waals surface area contributed by atoms with Crippen molar-refractivity contribution >= 4 is 17.9 Å². The molecule has 13 heteroatoms. The first-order valence-corrected chi connectivity index (χ1v) is 3.17. The first kappa shape index (κ1) is 42.7. The quantitative estimate of drug-likeness (QED) is 0.357. The molecule has 0 bridgehead atoms. The van der Waals surface area contributed by atoms with E-state index in [-0.39, 0.29) is 109 Å². The molecule has 0 aromatic rings. The van der Waals surface area contributed by atoms with Gasteiger partial charge in [0.05, 0.1) is 12.8 Å². The molecule has 0 aromatic heterocycles. The van der Waals surface area contributed by atoms with Crippen LogP contribution >= 0.6 is 0 Å². The summed E-state index contributed by atoms with van der Waals surface area (Å²) in [6.45, 7) is 0. The molecule has 0 fully saturated rings. The summed E-state index contributed by atoms with van der Waals surface area (Å²) in [5.74, 6) is -5.02. The van der Waals surface area contributed by atoms with Gasteiger partial charge in [0.25, 0.3) is 0 Å². The molecule has 104 valence electrons. The van der Waals surface area contributed by atoms with Crippen LogP contribution in [0.1, 0.15) is 17.1 Å².